The van der Waals surface area contributed by atoms with Crippen LogP contribution in [0.2, 0.25) is 0 Å². The van der Waals surface area contributed by atoms with Gasteiger partial charge in [0.15, 0.2) is 0 Å². The maximum absolute atomic E-state index is 3.94. The molecule has 0 spiro atoms. The number of anilines is 6. The smallest absolute Gasteiger partial charge is 0.0540 e. The molecule has 0 unspecified atom stereocenters. The molecule has 0 heterocycles. The third-order valence-corrected chi connectivity index (χ3v) is 14.0. The van der Waals surface area contributed by atoms with Gasteiger partial charge >= 0.3 is 0 Å². The summed E-state index contributed by atoms with van der Waals surface area (Å²) in [6.45, 7) is 17.1. The molecule has 10 aromatic carbocycles. The van der Waals surface area contributed by atoms with Crippen molar-refractivity contribution in [2.24, 2.45) is 0 Å². The summed E-state index contributed by atoms with van der Waals surface area (Å²) in [7, 11) is 0. The van der Waals surface area contributed by atoms with Crippen molar-refractivity contribution in [3.05, 3.63) is 277 Å². The van der Waals surface area contributed by atoms with Crippen molar-refractivity contribution in [1.29, 1.82) is 0 Å². The molecule has 2 heteroatoms. The summed E-state index contributed by atoms with van der Waals surface area (Å²) in [6, 6.07) is 84.1. The molecule has 0 aliphatic heterocycles. The summed E-state index contributed by atoms with van der Waals surface area (Å²) in [6.07, 6.45) is 3.79. The SMILES string of the molecule is C=Cc1ccc(C(C)(C)c2ccc(N(c3ccc(-c4ccc(N(c5ccc(C(C)(C)c6ccc(C=C)cc6)cc5)c5cccc6ccccc56)cc4)cc3)c3cccc4ccccc34)cc2)cc1. The zero-order valence-corrected chi connectivity index (χ0v) is 39.4. The Morgan fingerprint density at radius 3 is 0.912 bits per heavy atom. The van der Waals surface area contributed by atoms with E-state index in [1.54, 1.807) is 0 Å². The van der Waals surface area contributed by atoms with Crippen molar-refractivity contribution in [2.75, 3.05) is 9.80 Å². The van der Waals surface area contributed by atoms with Gasteiger partial charge in [-0.05, 0) is 116 Å². The largest absolute Gasteiger partial charge is 0.310 e. The fraction of sp³-hybridized carbons (Fsp3) is 0.0909. The molecule has 10 rings (SSSR count). The molecule has 0 bridgehead atoms. The highest BCUT2D eigenvalue weighted by Crippen LogP contribution is 2.43. The predicted octanol–water partition coefficient (Wildman–Crippen LogP) is 18.5. The van der Waals surface area contributed by atoms with Crippen molar-refractivity contribution < 1.29 is 0 Å². The standard InChI is InChI=1S/C66H56N2/c1-7-47-23-31-53(32-24-47)65(3,4)55-35-43-59(44-36-55)67(63-21-13-17-51-15-9-11-19-61(51)63)57-39-27-49(28-40-57)50-29-41-58(42-30-50)68(64-22-14-18-52-16-10-12-20-62(52)64)60-45-37-56(38-46-60)66(5,6)54-33-25-48(8-2)26-34-54/h7-46H,1-2H2,3-6H3. The van der Waals surface area contributed by atoms with Crippen LogP contribution in [-0.2, 0) is 10.8 Å². The highest BCUT2D eigenvalue weighted by molar-refractivity contribution is 6.00. The molecule has 0 radical (unpaired) electrons. The Kier molecular flexibility index (Phi) is 11.7. The van der Waals surface area contributed by atoms with Crippen LogP contribution in [0, 0.1) is 0 Å². The molecule has 68 heavy (non-hydrogen) atoms. The normalized spacial score (nSPS) is 11.6. The van der Waals surface area contributed by atoms with Gasteiger partial charge in [0.2, 0.25) is 0 Å². The van der Waals surface area contributed by atoms with E-state index in [-0.39, 0.29) is 10.8 Å². The Hall–Kier alpha value is -8.20. The second-order valence-corrected chi connectivity index (χ2v) is 18.8. The van der Waals surface area contributed by atoms with E-state index in [1.165, 1.54) is 43.8 Å². The molecule has 0 atom stereocenters. The fourth-order valence-electron chi connectivity index (χ4n) is 9.73. The maximum Gasteiger partial charge on any atom is 0.0540 e. The monoisotopic (exact) mass is 876 g/mol. The molecule has 0 amide bonds. The quantitative estimate of drug-likeness (QED) is 0.114. The highest BCUT2D eigenvalue weighted by Gasteiger charge is 2.26. The van der Waals surface area contributed by atoms with Crippen molar-refractivity contribution in [3.8, 4) is 11.1 Å². The number of hydrogen-bond acceptors (Lipinski definition) is 2. The molecule has 330 valence electrons. The molecular weight excluding hydrogens is 821 g/mol. The van der Waals surface area contributed by atoms with Crippen LogP contribution in [0.3, 0.4) is 0 Å². The average Bonchev–Trinajstić information content (AvgIpc) is 3.40. The van der Waals surface area contributed by atoms with E-state index in [4.69, 9.17) is 0 Å². The minimum Gasteiger partial charge on any atom is -0.310 e. The molecule has 0 aliphatic rings. The van der Waals surface area contributed by atoms with Crippen molar-refractivity contribution >= 4 is 67.8 Å². The summed E-state index contributed by atoms with van der Waals surface area (Å²) in [5.74, 6) is 0. The Labute approximate surface area is 402 Å². The lowest BCUT2D eigenvalue weighted by Crippen LogP contribution is -2.19. The fourth-order valence-corrected chi connectivity index (χ4v) is 9.73. The summed E-state index contributed by atoms with van der Waals surface area (Å²) in [5.41, 5.74) is 15.9. The Balaban J connectivity index is 0.984. The van der Waals surface area contributed by atoms with Crippen LogP contribution in [0.5, 0.6) is 0 Å². The van der Waals surface area contributed by atoms with Gasteiger partial charge in [0.05, 0.1) is 11.4 Å². The van der Waals surface area contributed by atoms with E-state index < -0.39 is 0 Å². The third kappa shape index (κ3) is 8.31. The van der Waals surface area contributed by atoms with Gasteiger partial charge in [0.25, 0.3) is 0 Å². The molecule has 0 fully saturated rings. The van der Waals surface area contributed by atoms with E-state index in [0.717, 1.165) is 56.4 Å². The van der Waals surface area contributed by atoms with Gasteiger partial charge in [0.1, 0.15) is 0 Å². The first-order valence-electron chi connectivity index (χ1n) is 23.6. The van der Waals surface area contributed by atoms with Crippen LogP contribution >= 0.6 is 0 Å². The lowest BCUT2D eigenvalue weighted by atomic mass is 9.78. The zero-order valence-electron chi connectivity index (χ0n) is 39.4. The van der Waals surface area contributed by atoms with Crippen molar-refractivity contribution in [2.45, 2.75) is 38.5 Å². The predicted molar refractivity (Wildman–Crippen MR) is 294 cm³/mol. The maximum atomic E-state index is 3.94. The van der Waals surface area contributed by atoms with Crippen LogP contribution < -0.4 is 9.80 Å². The van der Waals surface area contributed by atoms with E-state index in [2.05, 4.69) is 281 Å². The number of benzene rings is 10. The Morgan fingerprint density at radius 2 is 0.588 bits per heavy atom. The van der Waals surface area contributed by atoms with Gasteiger partial charge in [-0.2, -0.15) is 0 Å². The highest BCUT2D eigenvalue weighted by atomic mass is 15.1. The van der Waals surface area contributed by atoms with Gasteiger partial charge in [-0.3, -0.25) is 0 Å². The van der Waals surface area contributed by atoms with Crippen LogP contribution in [0.15, 0.2) is 244 Å². The van der Waals surface area contributed by atoms with E-state index in [1.807, 2.05) is 12.2 Å². The molecule has 0 saturated heterocycles. The van der Waals surface area contributed by atoms with Crippen LogP contribution in [-0.4, -0.2) is 0 Å². The van der Waals surface area contributed by atoms with Crippen LogP contribution in [0.4, 0.5) is 34.1 Å². The number of nitrogens with zero attached hydrogens (tertiary/aromatic N) is 2. The van der Waals surface area contributed by atoms with Gasteiger partial charge in [-0.15, -0.1) is 0 Å². The second-order valence-electron chi connectivity index (χ2n) is 18.8. The first-order chi connectivity index (χ1) is 33.1. The van der Waals surface area contributed by atoms with Gasteiger partial charge in [0, 0.05) is 44.4 Å². The lowest BCUT2D eigenvalue weighted by molar-refractivity contribution is 0.641. The van der Waals surface area contributed by atoms with E-state index >= 15 is 0 Å². The first kappa shape index (κ1) is 43.7. The van der Waals surface area contributed by atoms with Gasteiger partial charge < -0.3 is 9.80 Å². The number of hydrogen-bond donors (Lipinski definition) is 0. The summed E-state index contributed by atoms with van der Waals surface area (Å²) in [5, 5.41) is 4.82. The minimum absolute atomic E-state index is 0.174. The van der Waals surface area contributed by atoms with Crippen molar-refractivity contribution in [3.63, 3.8) is 0 Å². The minimum atomic E-state index is -0.174. The molecule has 10 aromatic rings. The summed E-state index contributed by atoms with van der Waals surface area (Å²) >= 11 is 0. The van der Waals surface area contributed by atoms with Gasteiger partial charge in [-0.1, -0.05) is 223 Å². The van der Waals surface area contributed by atoms with E-state index in [9.17, 15) is 0 Å². The average molecular weight is 877 g/mol. The topological polar surface area (TPSA) is 6.48 Å². The molecule has 0 saturated carbocycles. The molecule has 0 aromatic heterocycles. The second kappa shape index (κ2) is 18.2. The van der Waals surface area contributed by atoms with Crippen molar-refractivity contribution in [1.82, 2.24) is 0 Å². The van der Waals surface area contributed by atoms with E-state index in [0.29, 0.717) is 0 Å². The van der Waals surface area contributed by atoms with Gasteiger partial charge in [-0.25, -0.2) is 0 Å². The van der Waals surface area contributed by atoms with Crippen LogP contribution in [0.1, 0.15) is 61.1 Å². The lowest BCUT2D eigenvalue weighted by Gasteiger charge is -2.30. The molecule has 2 nitrogen and oxygen atoms in total. The summed E-state index contributed by atoms with van der Waals surface area (Å²) < 4.78 is 0. The molecule has 0 N–H and O–H groups in total. The number of rotatable bonds is 13. The Morgan fingerprint density at radius 1 is 0.309 bits per heavy atom. The Bertz CT molecular complexity index is 3130. The number of fused-ring (bicyclic) bond motifs is 2. The molecule has 0 aliphatic carbocycles. The zero-order chi connectivity index (χ0) is 46.8. The van der Waals surface area contributed by atoms with Crippen LogP contribution in [0.25, 0.3) is 44.8 Å². The third-order valence-electron chi connectivity index (χ3n) is 14.0. The molecular formula is C66H56N2. The summed E-state index contributed by atoms with van der Waals surface area (Å²) in [4.78, 5) is 4.77. The first-order valence-corrected chi connectivity index (χ1v) is 23.6.